The fourth-order valence-corrected chi connectivity index (χ4v) is 2.58. The van der Waals surface area contributed by atoms with Crippen LogP contribution in [0.2, 0.25) is 0 Å². The molecule has 5 N–H and O–H groups in total. The molecule has 0 spiro atoms. The van der Waals surface area contributed by atoms with Gasteiger partial charge in [0.2, 0.25) is 0 Å². The predicted molar refractivity (Wildman–Crippen MR) is 77.6 cm³/mol. The zero-order valence-corrected chi connectivity index (χ0v) is 12.4. The van der Waals surface area contributed by atoms with Crippen LogP contribution in [0.1, 0.15) is 25.8 Å². The number of likely N-dealkylation sites (tertiary alicyclic amines) is 1. The highest BCUT2D eigenvalue weighted by atomic mass is 16.5. The summed E-state index contributed by atoms with van der Waals surface area (Å²) in [6.07, 6.45) is 0.294. The van der Waals surface area contributed by atoms with Crippen LogP contribution in [0.25, 0.3) is 0 Å². The lowest BCUT2D eigenvalue weighted by Gasteiger charge is -2.34. The molecule has 1 saturated heterocycles. The number of aliphatic hydroxyl groups excluding tert-OH is 2. The van der Waals surface area contributed by atoms with E-state index in [9.17, 15) is 10.2 Å². The summed E-state index contributed by atoms with van der Waals surface area (Å²) in [5.74, 6) is 0.138. The third-order valence-corrected chi connectivity index (χ3v) is 3.44. The van der Waals surface area contributed by atoms with Gasteiger partial charge in [0.1, 0.15) is 0 Å². The van der Waals surface area contributed by atoms with Crippen molar-refractivity contribution in [2.24, 2.45) is 5.92 Å². The normalized spacial score (nSPS) is 23.1. The Morgan fingerprint density at radius 2 is 1.95 bits per heavy atom. The minimum atomic E-state index is -0.374. The molecule has 0 radical (unpaired) electrons. The minimum Gasteiger partial charge on any atom is -0.396 e. The quantitative estimate of drug-likeness (QED) is 0.478. The molecule has 2 unspecified atom stereocenters. The molecule has 1 aliphatic heterocycles. The van der Waals surface area contributed by atoms with Crippen LogP contribution in [0.4, 0.5) is 5.69 Å². The van der Waals surface area contributed by atoms with E-state index in [0.29, 0.717) is 19.5 Å². The van der Waals surface area contributed by atoms with Gasteiger partial charge in [-0.25, -0.2) is 5.21 Å². The summed E-state index contributed by atoms with van der Waals surface area (Å²) in [4.78, 5) is 2.12. The summed E-state index contributed by atoms with van der Waals surface area (Å²) in [7, 11) is 0. The van der Waals surface area contributed by atoms with Crippen molar-refractivity contribution >= 4 is 5.69 Å². The summed E-state index contributed by atoms with van der Waals surface area (Å²) in [5, 5.41) is 28.2. The van der Waals surface area contributed by atoms with Gasteiger partial charge in [-0.05, 0) is 12.3 Å². The number of hydrogen-bond donors (Lipinski definition) is 4. The Labute approximate surface area is 120 Å². The highest BCUT2D eigenvalue weighted by molar-refractivity contribution is 5.38. The van der Waals surface area contributed by atoms with Crippen molar-refractivity contribution in [3.05, 3.63) is 29.8 Å². The number of piperidine rings is 1. The third-order valence-electron chi connectivity index (χ3n) is 3.44. The van der Waals surface area contributed by atoms with Gasteiger partial charge in [0.05, 0.1) is 6.10 Å². The Kier molecular flexibility index (Phi) is 7.72. The molecule has 0 amide bonds. The van der Waals surface area contributed by atoms with E-state index in [1.807, 2.05) is 38.1 Å². The Hall–Kier alpha value is -0.980. The molecule has 2 rings (SSSR count). The topological polar surface area (TPSA) is 80.5 Å². The maximum atomic E-state index is 9.78. The molecule has 0 bridgehead atoms. The largest absolute Gasteiger partial charge is 0.396 e. The number of rotatable bonds is 4. The Balaban J connectivity index is 0.000000956. The van der Waals surface area contributed by atoms with Gasteiger partial charge in [-0.2, -0.15) is 5.48 Å². The first-order chi connectivity index (χ1) is 9.72. The molecule has 0 aromatic heterocycles. The number of nitrogens with two attached hydrogens (primary N) is 1. The fraction of sp³-hybridized carbons (Fsp3) is 0.600. The van der Waals surface area contributed by atoms with Crippen molar-refractivity contribution in [3.63, 3.8) is 0 Å². The molecular formula is C15H27N2O3+. The third kappa shape index (κ3) is 4.85. The molecule has 5 heteroatoms. The van der Waals surface area contributed by atoms with E-state index in [0.717, 1.165) is 23.3 Å². The van der Waals surface area contributed by atoms with Crippen LogP contribution in [0.3, 0.4) is 0 Å². The second-order valence-corrected chi connectivity index (χ2v) is 4.96. The number of β-amino-alcohol motifs (C(OH)–C–C–N with tert-alkyl or cyclic N) is 1. The number of hydrogen-bond acceptors (Lipinski definition) is 4. The summed E-state index contributed by atoms with van der Waals surface area (Å²) < 4.78 is 0. The molecule has 0 aliphatic carbocycles. The zero-order chi connectivity index (χ0) is 15.0. The number of para-hydroxylation sites is 1. The van der Waals surface area contributed by atoms with Crippen LogP contribution in [0.15, 0.2) is 24.3 Å². The molecule has 114 valence electrons. The van der Waals surface area contributed by atoms with Crippen LogP contribution in [0, 0.1) is 5.92 Å². The molecule has 1 heterocycles. The lowest BCUT2D eigenvalue weighted by atomic mass is 9.96. The van der Waals surface area contributed by atoms with Crippen molar-refractivity contribution in [1.82, 2.24) is 4.90 Å². The number of quaternary nitrogens is 1. The van der Waals surface area contributed by atoms with E-state index in [2.05, 4.69) is 4.90 Å². The molecule has 5 nitrogen and oxygen atoms in total. The standard InChI is InChI=1S/C13H20N2O3.C2H6/c16-9-10-5-12(17)8-15(6-10)7-11-3-1-2-4-13(11)14-18;1-2/h1-4,10,12,14,16-18H,5-9H2;1-2H3/p+1. The molecule has 1 fully saturated rings. The van der Waals surface area contributed by atoms with E-state index in [4.69, 9.17) is 5.21 Å². The van der Waals surface area contributed by atoms with E-state index in [-0.39, 0.29) is 18.6 Å². The molecule has 1 aliphatic rings. The highest BCUT2D eigenvalue weighted by Crippen LogP contribution is 2.20. The van der Waals surface area contributed by atoms with Crippen molar-refractivity contribution in [3.8, 4) is 0 Å². The van der Waals surface area contributed by atoms with Gasteiger partial charge >= 0.3 is 0 Å². The highest BCUT2D eigenvalue weighted by Gasteiger charge is 2.26. The van der Waals surface area contributed by atoms with Gasteiger partial charge in [0, 0.05) is 37.9 Å². The van der Waals surface area contributed by atoms with Gasteiger partial charge < -0.3 is 10.2 Å². The van der Waals surface area contributed by atoms with E-state index < -0.39 is 0 Å². The summed E-state index contributed by atoms with van der Waals surface area (Å²) in [6, 6.07) is 7.65. The Morgan fingerprint density at radius 3 is 2.60 bits per heavy atom. The van der Waals surface area contributed by atoms with E-state index in [1.54, 1.807) is 0 Å². The fourth-order valence-electron chi connectivity index (χ4n) is 2.58. The Morgan fingerprint density at radius 1 is 1.25 bits per heavy atom. The molecular weight excluding hydrogens is 256 g/mol. The Bertz CT molecular complexity index is 387. The monoisotopic (exact) mass is 283 g/mol. The molecule has 1 aromatic rings. The first-order valence-electron chi connectivity index (χ1n) is 7.29. The second kappa shape index (κ2) is 9.05. The lowest BCUT2D eigenvalue weighted by molar-refractivity contribution is -0.826. The average Bonchev–Trinajstić information content (AvgIpc) is 2.49. The van der Waals surface area contributed by atoms with Gasteiger partial charge in [0.25, 0.3) is 0 Å². The van der Waals surface area contributed by atoms with Gasteiger partial charge in [-0.3, -0.25) is 4.90 Å². The summed E-state index contributed by atoms with van der Waals surface area (Å²) in [6.45, 7) is 6.20. The summed E-state index contributed by atoms with van der Waals surface area (Å²) >= 11 is 0. The van der Waals surface area contributed by atoms with Gasteiger partial charge in [-0.15, -0.1) is 0 Å². The maximum Gasteiger partial charge on any atom is 0.166 e. The van der Waals surface area contributed by atoms with Crippen molar-refractivity contribution < 1.29 is 20.9 Å². The van der Waals surface area contributed by atoms with Crippen molar-refractivity contribution in [2.45, 2.75) is 32.9 Å². The van der Waals surface area contributed by atoms with E-state index in [1.165, 1.54) is 0 Å². The molecule has 0 saturated carbocycles. The van der Waals surface area contributed by atoms with Crippen LogP contribution in [-0.2, 0) is 6.54 Å². The van der Waals surface area contributed by atoms with Crippen molar-refractivity contribution in [2.75, 3.05) is 19.7 Å². The smallest absolute Gasteiger partial charge is 0.166 e. The second-order valence-electron chi connectivity index (χ2n) is 4.96. The van der Waals surface area contributed by atoms with E-state index >= 15 is 0 Å². The van der Waals surface area contributed by atoms with Crippen LogP contribution in [-0.4, -0.2) is 46.1 Å². The SMILES string of the molecule is CC.OCC1CC(O)CN(Cc2ccccc2[NH2+]O)C1. The van der Waals surface area contributed by atoms with Crippen molar-refractivity contribution in [1.29, 1.82) is 0 Å². The molecule has 2 atom stereocenters. The van der Waals surface area contributed by atoms with Crippen LogP contribution in [0.5, 0.6) is 0 Å². The first-order valence-corrected chi connectivity index (χ1v) is 7.29. The lowest BCUT2D eigenvalue weighted by Crippen LogP contribution is -2.74. The molecule has 20 heavy (non-hydrogen) atoms. The number of benzene rings is 1. The predicted octanol–water partition coefficient (Wildman–Crippen LogP) is 0.472. The average molecular weight is 283 g/mol. The van der Waals surface area contributed by atoms with Gasteiger partial charge in [0.15, 0.2) is 5.69 Å². The zero-order valence-electron chi connectivity index (χ0n) is 12.4. The van der Waals surface area contributed by atoms with Crippen LogP contribution < -0.4 is 5.48 Å². The minimum absolute atomic E-state index is 0.112. The summed E-state index contributed by atoms with van der Waals surface area (Å²) in [5.41, 5.74) is 2.95. The number of nitrogens with zero attached hydrogens (tertiary/aromatic N) is 1. The van der Waals surface area contributed by atoms with Crippen LogP contribution >= 0.6 is 0 Å². The molecule has 1 aromatic carbocycles. The number of aliphatic hydroxyl groups is 2. The first kappa shape index (κ1) is 17.1. The van der Waals surface area contributed by atoms with Gasteiger partial charge in [-0.1, -0.05) is 32.0 Å². The maximum absolute atomic E-state index is 9.78.